The van der Waals surface area contributed by atoms with E-state index in [1.807, 2.05) is 30.3 Å². The first-order valence-corrected chi connectivity index (χ1v) is 12.7. The van der Waals surface area contributed by atoms with Crippen LogP contribution in [0.2, 0.25) is 10.0 Å². The van der Waals surface area contributed by atoms with E-state index in [0.29, 0.717) is 5.56 Å². The summed E-state index contributed by atoms with van der Waals surface area (Å²) in [7, 11) is -3.82. The van der Waals surface area contributed by atoms with Gasteiger partial charge in [-0.1, -0.05) is 59.6 Å². The van der Waals surface area contributed by atoms with Gasteiger partial charge in [-0.3, -0.25) is 9.59 Å². The molecule has 1 amide bonds. The van der Waals surface area contributed by atoms with E-state index in [1.165, 1.54) is 19.2 Å². The molecule has 34 heavy (non-hydrogen) atoms. The zero-order valence-electron chi connectivity index (χ0n) is 18.3. The number of carbonyl (C=O) groups excluding carboxylic acids is 1. The first-order valence-electron chi connectivity index (χ1n) is 10.5. The molecule has 1 aliphatic carbocycles. The van der Waals surface area contributed by atoms with Crippen LogP contribution >= 0.6 is 23.2 Å². The lowest BCUT2D eigenvalue weighted by molar-refractivity contribution is -0.119. The average Bonchev–Trinajstić information content (AvgIpc) is 3.57. The maximum atomic E-state index is 13.1. The number of aromatic nitrogens is 2. The highest BCUT2D eigenvalue weighted by Gasteiger charge is 2.41. The van der Waals surface area contributed by atoms with E-state index in [2.05, 4.69) is 15.1 Å². The molecule has 0 bridgehead atoms. The molecule has 1 fully saturated rings. The maximum Gasteiger partial charge on any atom is 0.287 e. The number of amides is 1. The van der Waals surface area contributed by atoms with Gasteiger partial charge in [0.05, 0.1) is 16.1 Å². The van der Waals surface area contributed by atoms with Crippen LogP contribution in [0.3, 0.4) is 0 Å². The Kier molecular flexibility index (Phi) is 6.82. The van der Waals surface area contributed by atoms with Crippen LogP contribution in [0.15, 0.2) is 64.4 Å². The van der Waals surface area contributed by atoms with Gasteiger partial charge in [-0.15, -0.1) is 0 Å². The summed E-state index contributed by atoms with van der Waals surface area (Å²) < 4.78 is 29.8. The molecule has 0 spiro atoms. The van der Waals surface area contributed by atoms with Crippen LogP contribution in [0.25, 0.3) is 0 Å². The molecule has 1 aliphatic rings. The quantitative estimate of drug-likeness (QED) is 0.490. The van der Waals surface area contributed by atoms with Crippen molar-refractivity contribution in [3.63, 3.8) is 0 Å². The summed E-state index contributed by atoms with van der Waals surface area (Å²) >= 11 is 11.7. The standard InChI is InChI=1S/C23H22Cl2N4O4S/c1-13-8-9-16(27-22(30)14(2)29-23(31)21(25)18(24)12-26-29)10-20(13)34(32,33)28-19-11-17(19)15-6-4-3-5-7-15/h3-10,12,14,17,19,28H,11H2,1-2H3,(H,27,30)/t14-,17+,19-/m1/s1. The highest BCUT2D eigenvalue weighted by atomic mass is 35.5. The molecule has 0 radical (unpaired) electrons. The van der Waals surface area contributed by atoms with Gasteiger partial charge in [0.2, 0.25) is 15.9 Å². The van der Waals surface area contributed by atoms with Crippen LogP contribution in [0.1, 0.15) is 36.4 Å². The van der Waals surface area contributed by atoms with E-state index in [0.717, 1.165) is 16.7 Å². The molecule has 11 heteroatoms. The van der Waals surface area contributed by atoms with E-state index in [-0.39, 0.29) is 32.6 Å². The zero-order valence-corrected chi connectivity index (χ0v) is 20.7. The Labute approximate surface area is 207 Å². The first kappa shape index (κ1) is 24.4. The monoisotopic (exact) mass is 520 g/mol. The maximum absolute atomic E-state index is 13.1. The fourth-order valence-corrected chi connectivity index (χ4v) is 5.50. The number of nitrogens with zero attached hydrogens (tertiary/aromatic N) is 2. The summed E-state index contributed by atoms with van der Waals surface area (Å²) in [6.07, 6.45) is 1.90. The molecule has 3 aromatic rings. The van der Waals surface area contributed by atoms with Crippen molar-refractivity contribution in [3.05, 3.63) is 86.3 Å². The zero-order chi connectivity index (χ0) is 24.6. The van der Waals surface area contributed by atoms with E-state index >= 15 is 0 Å². The number of sulfonamides is 1. The SMILES string of the molecule is Cc1ccc(NC(=O)[C@@H](C)n2ncc(Cl)c(Cl)c2=O)cc1S(=O)(=O)N[C@@H]1C[C@H]1c1ccccc1. The first-order chi connectivity index (χ1) is 16.1. The molecule has 2 N–H and O–H groups in total. The summed E-state index contributed by atoms with van der Waals surface area (Å²) in [6.45, 7) is 3.15. The molecule has 0 unspecified atom stereocenters. The number of rotatable bonds is 7. The van der Waals surface area contributed by atoms with Crippen molar-refractivity contribution in [3.8, 4) is 0 Å². The van der Waals surface area contributed by atoms with Gasteiger partial charge >= 0.3 is 0 Å². The Hall–Kier alpha value is -2.72. The van der Waals surface area contributed by atoms with Crippen molar-refractivity contribution in [2.24, 2.45) is 0 Å². The van der Waals surface area contributed by atoms with Gasteiger partial charge in [0.1, 0.15) is 11.1 Å². The van der Waals surface area contributed by atoms with Gasteiger partial charge in [0.25, 0.3) is 5.56 Å². The molecule has 2 aromatic carbocycles. The highest BCUT2D eigenvalue weighted by molar-refractivity contribution is 7.89. The predicted octanol–water partition coefficient (Wildman–Crippen LogP) is 3.89. The minimum atomic E-state index is -3.82. The summed E-state index contributed by atoms with van der Waals surface area (Å²) in [5, 5.41) is 6.25. The Morgan fingerprint density at radius 3 is 2.59 bits per heavy atom. The second kappa shape index (κ2) is 9.50. The molecule has 1 aromatic heterocycles. The normalized spacial score (nSPS) is 18.4. The van der Waals surface area contributed by atoms with Crippen LogP contribution in [-0.2, 0) is 14.8 Å². The topological polar surface area (TPSA) is 110 Å². The molecule has 0 saturated heterocycles. The molecule has 3 atom stereocenters. The molecular weight excluding hydrogens is 499 g/mol. The third-order valence-corrected chi connectivity index (χ3v) is 8.10. The summed E-state index contributed by atoms with van der Waals surface area (Å²) in [5.74, 6) is -0.434. The smallest absolute Gasteiger partial charge is 0.287 e. The fourth-order valence-electron chi connectivity index (χ4n) is 3.68. The molecule has 8 nitrogen and oxygen atoms in total. The van der Waals surface area contributed by atoms with Gasteiger partial charge in [-0.2, -0.15) is 5.10 Å². The van der Waals surface area contributed by atoms with E-state index < -0.39 is 27.5 Å². The van der Waals surface area contributed by atoms with Gasteiger partial charge in [-0.05, 0) is 43.5 Å². The molecule has 1 saturated carbocycles. The summed E-state index contributed by atoms with van der Waals surface area (Å²) in [5.41, 5.74) is 1.20. The minimum Gasteiger partial charge on any atom is -0.324 e. The van der Waals surface area contributed by atoms with E-state index in [4.69, 9.17) is 23.2 Å². The van der Waals surface area contributed by atoms with E-state index in [9.17, 15) is 18.0 Å². The van der Waals surface area contributed by atoms with Crippen LogP contribution in [0.5, 0.6) is 0 Å². The summed E-state index contributed by atoms with van der Waals surface area (Å²) in [6, 6.07) is 13.1. The van der Waals surface area contributed by atoms with Crippen LogP contribution in [-0.4, -0.2) is 30.1 Å². The van der Waals surface area contributed by atoms with Crippen molar-refractivity contribution in [2.45, 2.75) is 43.2 Å². The Balaban J connectivity index is 1.50. The molecule has 0 aliphatic heterocycles. The lowest BCUT2D eigenvalue weighted by Gasteiger charge is -2.16. The largest absolute Gasteiger partial charge is 0.324 e. The Bertz CT molecular complexity index is 1410. The van der Waals surface area contributed by atoms with Crippen LogP contribution < -0.4 is 15.6 Å². The number of anilines is 1. The van der Waals surface area contributed by atoms with Crippen LogP contribution in [0, 0.1) is 6.92 Å². The van der Waals surface area contributed by atoms with Crippen molar-refractivity contribution in [2.75, 3.05) is 5.32 Å². The number of aryl methyl sites for hydroxylation is 1. The number of benzene rings is 2. The Morgan fingerprint density at radius 2 is 1.88 bits per heavy atom. The third-order valence-electron chi connectivity index (χ3n) is 5.72. The predicted molar refractivity (Wildman–Crippen MR) is 131 cm³/mol. The number of nitrogens with one attached hydrogen (secondary N) is 2. The molecule has 4 rings (SSSR count). The van der Waals surface area contributed by atoms with Crippen molar-refractivity contribution < 1.29 is 13.2 Å². The lowest BCUT2D eigenvalue weighted by atomic mass is 10.1. The van der Waals surface area contributed by atoms with Crippen molar-refractivity contribution >= 4 is 44.8 Å². The second-order valence-corrected chi connectivity index (χ2v) is 10.6. The number of carbonyl (C=O) groups is 1. The van der Waals surface area contributed by atoms with Gasteiger partial charge in [0, 0.05) is 17.6 Å². The van der Waals surface area contributed by atoms with Crippen molar-refractivity contribution in [1.82, 2.24) is 14.5 Å². The Morgan fingerprint density at radius 1 is 1.18 bits per heavy atom. The number of hydrogen-bond acceptors (Lipinski definition) is 5. The lowest BCUT2D eigenvalue weighted by Crippen LogP contribution is -2.33. The van der Waals surface area contributed by atoms with Crippen LogP contribution in [0.4, 0.5) is 5.69 Å². The van der Waals surface area contributed by atoms with Gasteiger partial charge in [0.15, 0.2) is 0 Å². The van der Waals surface area contributed by atoms with E-state index in [1.54, 1.807) is 19.1 Å². The van der Waals surface area contributed by atoms with Crippen molar-refractivity contribution in [1.29, 1.82) is 0 Å². The average molecular weight is 521 g/mol. The number of hydrogen-bond donors (Lipinski definition) is 2. The van der Waals surface area contributed by atoms with Gasteiger partial charge < -0.3 is 5.32 Å². The van der Waals surface area contributed by atoms with Gasteiger partial charge in [-0.25, -0.2) is 17.8 Å². The highest BCUT2D eigenvalue weighted by Crippen LogP contribution is 2.41. The summed E-state index contributed by atoms with van der Waals surface area (Å²) in [4.78, 5) is 25.1. The third kappa shape index (κ3) is 5.02. The second-order valence-electron chi connectivity index (χ2n) is 8.18. The molecule has 1 heterocycles. The number of halogens is 2. The molecule has 178 valence electrons. The molecular formula is C23H22Cl2N4O4S. The minimum absolute atomic E-state index is 0.0124. The fraction of sp³-hybridized carbons (Fsp3) is 0.261.